The van der Waals surface area contributed by atoms with Crippen LogP contribution >= 0.6 is 0 Å². The Hall–Kier alpha value is -2.10. The maximum atomic E-state index is 11.3. The Balaban J connectivity index is 2.29. The van der Waals surface area contributed by atoms with Gasteiger partial charge in [0.2, 0.25) is 11.8 Å². The summed E-state index contributed by atoms with van der Waals surface area (Å²) in [6.07, 6.45) is 2.01. The number of hydrogen-bond donors (Lipinski definition) is 1. The van der Waals surface area contributed by atoms with Gasteiger partial charge in [0.25, 0.3) is 0 Å². The second-order valence-corrected chi connectivity index (χ2v) is 3.34. The second-order valence-electron chi connectivity index (χ2n) is 3.34. The Morgan fingerprint density at radius 3 is 2.81 bits per heavy atom. The summed E-state index contributed by atoms with van der Waals surface area (Å²) < 4.78 is 5.01. The molecule has 0 atom stereocenters. The molecule has 1 N–H and O–H groups in total. The van der Waals surface area contributed by atoms with Crippen molar-refractivity contribution in [1.29, 1.82) is 0 Å². The smallest absolute Gasteiger partial charge is 0.239 e. The molecule has 2 aromatic rings. The van der Waals surface area contributed by atoms with Crippen LogP contribution in [0.15, 0.2) is 41.1 Å². The predicted molar refractivity (Wildman–Crippen MR) is 60.9 cm³/mol. The number of benzene rings is 1. The van der Waals surface area contributed by atoms with Crippen LogP contribution in [-0.2, 0) is 4.79 Å². The molecule has 2 rings (SSSR count). The van der Waals surface area contributed by atoms with Crippen molar-refractivity contribution >= 4 is 11.8 Å². The zero-order valence-corrected chi connectivity index (χ0v) is 8.93. The first-order valence-electron chi connectivity index (χ1n) is 5.11. The largest absolute Gasteiger partial charge is 0.338 e. The maximum Gasteiger partial charge on any atom is 0.239 e. The maximum absolute atomic E-state index is 11.3. The molecule has 1 heterocycles. The standard InChI is InChI=1S/C12H12N2O2/c1-2-11(15)14-12-10(8-13-16-12)9-6-4-3-5-7-9/h3-8H,2H2,1H3,(H,14,15). The minimum absolute atomic E-state index is 0.0890. The Morgan fingerprint density at radius 1 is 1.38 bits per heavy atom. The number of carbonyl (C=O) groups excluding carboxylic acids is 1. The molecule has 0 unspecified atom stereocenters. The Labute approximate surface area is 93.3 Å². The van der Waals surface area contributed by atoms with Gasteiger partial charge in [0, 0.05) is 6.42 Å². The van der Waals surface area contributed by atoms with Gasteiger partial charge in [0.05, 0.1) is 11.8 Å². The third kappa shape index (κ3) is 2.11. The van der Waals surface area contributed by atoms with Crippen molar-refractivity contribution in [2.24, 2.45) is 0 Å². The summed E-state index contributed by atoms with van der Waals surface area (Å²) in [5, 5.41) is 6.37. The van der Waals surface area contributed by atoms with Crippen LogP contribution in [0, 0.1) is 0 Å². The number of amides is 1. The van der Waals surface area contributed by atoms with Crippen molar-refractivity contribution in [2.75, 3.05) is 5.32 Å². The van der Waals surface area contributed by atoms with Crippen molar-refractivity contribution in [2.45, 2.75) is 13.3 Å². The predicted octanol–water partition coefficient (Wildman–Crippen LogP) is 2.69. The van der Waals surface area contributed by atoms with Crippen LogP contribution < -0.4 is 5.32 Å². The van der Waals surface area contributed by atoms with E-state index in [1.807, 2.05) is 30.3 Å². The quantitative estimate of drug-likeness (QED) is 0.858. The summed E-state index contributed by atoms with van der Waals surface area (Å²) in [6.45, 7) is 1.79. The summed E-state index contributed by atoms with van der Waals surface area (Å²) in [6, 6.07) is 9.66. The van der Waals surface area contributed by atoms with Gasteiger partial charge in [-0.3, -0.25) is 10.1 Å². The van der Waals surface area contributed by atoms with Crippen molar-refractivity contribution in [3.63, 3.8) is 0 Å². The van der Waals surface area contributed by atoms with Crippen LogP contribution in [-0.4, -0.2) is 11.1 Å². The van der Waals surface area contributed by atoms with Crippen molar-refractivity contribution in [1.82, 2.24) is 5.16 Å². The average Bonchev–Trinajstić information content (AvgIpc) is 2.78. The lowest BCUT2D eigenvalue weighted by atomic mass is 10.1. The fraction of sp³-hybridized carbons (Fsp3) is 0.167. The van der Waals surface area contributed by atoms with Gasteiger partial charge in [-0.05, 0) is 5.56 Å². The van der Waals surface area contributed by atoms with E-state index in [4.69, 9.17) is 4.52 Å². The number of hydrogen-bond acceptors (Lipinski definition) is 3. The molecule has 1 amide bonds. The zero-order chi connectivity index (χ0) is 11.4. The van der Waals surface area contributed by atoms with Crippen LogP contribution in [0.3, 0.4) is 0 Å². The Kier molecular flexibility index (Phi) is 3.00. The van der Waals surface area contributed by atoms with Gasteiger partial charge in [-0.1, -0.05) is 42.4 Å². The molecular weight excluding hydrogens is 204 g/mol. The molecule has 0 saturated heterocycles. The first-order valence-corrected chi connectivity index (χ1v) is 5.11. The van der Waals surface area contributed by atoms with Crippen molar-refractivity contribution < 1.29 is 9.32 Å². The molecular formula is C12H12N2O2. The van der Waals surface area contributed by atoms with Crippen molar-refractivity contribution in [3.05, 3.63) is 36.5 Å². The molecule has 0 spiro atoms. The van der Waals surface area contributed by atoms with E-state index in [-0.39, 0.29) is 5.91 Å². The highest BCUT2D eigenvalue weighted by molar-refractivity contribution is 5.93. The minimum Gasteiger partial charge on any atom is -0.338 e. The Morgan fingerprint density at radius 2 is 2.12 bits per heavy atom. The summed E-state index contributed by atoms with van der Waals surface area (Å²) in [4.78, 5) is 11.3. The van der Waals surface area contributed by atoms with E-state index in [0.29, 0.717) is 12.3 Å². The monoisotopic (exact) mass is 216 g/mol. The highest BCUT2D eigenvalue weighted by Gasteiger charge is 2.11. The third-order valence-electron chi connectivity index (χ3n) is 2.23. The van der Waals surface area contributed by atoms with Crippen LogP contribution in [0.4, 0.5) is 5.88 Å². The zero-order valence-electron chi connectivity index (χ0n) is 8.93. The number of rotatable bonds is 3. The lowest BCUT2D eigenvalue weighted by Gasteiger charge is -2.01. The van der Waals surface area contributed by atoms with Gasteiger partial charge in [0.1, 0.15) is 0 Å². The third-order valence-corrected chi connectivity index (χ3v) is 2.23. The number of anilines is 1. The summed E-state index contributed by atoms with van der Waals surface area (Å²) in [5.41, 5.74) is 1.76. The molecule has 0 aliphatic carbocycles. The number of nitrogens with one attached hydrogen (secondary N) is 1. The summed E-state index contributed by atoms with van der Waals surface area (Å²) >= 11 is 0. The van der Waals surface area contributed by atoms with E-state index in [2.05, 4.69) is 10.5 Å². The minimum atomic E-state index is -0.0890. The van der Waals surface area contributed by atoms with E-state index in [1.165, 1.54) is 0 Å². The van der Waals surface area contributed by atoms with Gasteiger partial charge < -0.3 is 4.52 Å². The first kappa shape index (κ1) is 10.4. The van der Waals surface area contributed by atoms with Crippen LogP contribution in [0.2, 0.25) is 0 Å². The first-order chi connectivity index (χ1) is 7.81. The molecule has 0 aliphatic rings. The fourth-order valence-electron chi connectivity index (χ4n) is 1.37. The molecule has 0 radical (unpaired) electrons. The van der Waals surface area contributed by atoms with Crippen LogP contribution in [0.5, 0.6) is 0 Å². The molecule has 1 aromatic carbocycles. The SMILES string of the molecule is CCC(=O)Nc1oncc1-c1ccccc1. The van der Waals surface area contributed by atoms with E-state index in [0.717, 1.165) is 11.1 Å². The second kappa shape index (κ2) is 4.61. The highest BCUT2D eigenvalue weighted by Crippen LogP contribution is 2.27. The fourth-order valence-corrected chi connectivity index (χ4v) is 1.37. The van der Waals surface area contributed by atoms with Crippen LogP contribution in [0.1, 0.15) is 13.3 Å². The Bertz CT molecular complexity index is 477. The molecule has 82 valence electrons. The van der Waals surface area contributed by atoms with Gasteiger partial charge in [0.15, 0.2) is 0 Å². The number of aromatic nitrogens is 1. The van der Waals surface area contributed by atoms with E-state index in [1.54, 1.807) is 13.1 Å². The van der Waals surface area contributed by atoms with Crippen LogP contribution in [0.25, 0.3) is 11.1 Å². The molecule has 4 heteroatoms. The van der Waals surface area contributed by atoms with E-state index < -0.39 is 0 Å². The molecule has 4 nitrogen and oxygen atoms in total. The summed E-state index contributed by atoms with van der Waals surface area (Å²) in [7, 11) is 0. The van der Waals surface area contributed by atoms with Gasteiger partial charge in [-0.25, -0.2) is 0 Å². The van der Waals surface area contributed by atoms with E-state index >= 15 is 0 Å². The van der Waals surface area contributed by atoms with Gasteiger partial charge >= 0.3 is 0 Å². The lowest BCUT2D eigenvalue weighted by molar-refractivity contribution is -0.116. The average molecular weight is 216 g/mol. The van der Waals surface area contributed by atoms with Gasteiger partial charge in [-0.2, -0.15) is 0 Å². The van der Waals surface area contributed by atoms with Gasteiger partial charge in [-0.15, -0.1) is 0 Å². The van der Waals surface area contributed by atoms with Crippen molar-refractivity contribution in [3.8, 4) is 11.1 Å². The number of nitrogens with zero attached hydrogens (tertiary/aromatic N) is 1. The topological polar surface area (TPSA) is 55.1 Å². The molecule has 0 fully saturated rings. The summed E-state index contributed by atoms with van der Waals surface area (Å²) in [5.74, 6) is 0.312. The lowest BCUT2D eigenvalue weighted by Crippen LogP contribution is -2.09. The molecule has 0 aliphatic heterocycles. The number of carbonyl (C=O) groups is 1. The molecule has 0 bridgehead atoms. The van der Waals surface area contributed by atoms with E-state index in [9.17, 15) is 4.79 Å². The molecule has 1 aromatic heterocycles. The highest BCUT2D eigenvalue weighted by atomic mass is 16.5. The normalized spacial score (nSPS) is 10.1. The molecule has 16 heavy (non-hydrogen) atoms. The molecule has 0 saturated carbocycles.